The average molecular weight is 381 g/mol. The number of halogens is 3. The molecule has 2 N–H and O–H groups in total. The predicted octanol–water partition coefficient (Wildman–Crippen LogP) is 4.38. The van der Waals surface area contributed by atoms with Gasteiger partial charge in [-0.1, -0.05) is 29.3 Å². The van der Waals surface area contributed by atoms with Gasteiger partial charge in [0.05, 0.1) is 16.2 Å². The number of fused-ring (bicyclic) bond motifs is 1. The van der Waals surface area contributed by atoms with E-state index in [0.29, 0.717) is 45.6 Å². The molecule has 3 rings (SSSR count). The molecule has 0 radical (unpaired) electrons. The van der Waals surface area contributed by atoms with E-state index in [9.17, 15) is 9.18 Å². The van der Waals surface area contributed by atoms with E-state index in [-0.39, 0.29) is 5.82 Å². The number of imidazole rings is 1. The summed E-state index contributed by atoms with van der Waals surface area (Å²) in [6.07, 6.45) is 0.460. The van der Waals surface area contributed by atoms with Crippen molar-refractivity contribution in [2.24, 2.45) is 7.05 Å². The molecule has 5 nitrogen and oxygen atoms in total. The summed E-state index contributed by atoms with van der Waals surface area (Å²) in [7, 11) is 1.82. The van der Waals surface area contributed by atoms with Gasteiger partial charge in [-0.15, -0.1) is 0 Å². The van der Waals surface area contributed by atoms with Crippen LogP contribution in [-0.2, 0) is 13.5 Å². The van der Waals surface area contributed by atoms with Gasteiger partial charge in [0.2, 0.25) is 0 Å². The van der Waals surface area contributed by atoms with E-state index >= 15 is 0 Å². The number of benzene rings is 2. The second-order valence-corrected chi connectivity index (χ2v) is 6.29. The van der Waals surface area contributed by atoms with E-state index in [1.54, 1.807) is 30.3 Å². The van der Waals surface area contributed by atoms with Crippen LogP contribution in [0.4, 0.5) is 14.9 Å². The number of carbonyl (C=O) groups excluding carboxylic acids is 1. The topological polar surface area (TPSA) is 59.0 Å². The molecule has 0 saturated heterocycles. The van der Waals surface area contributed by atoms with Crippen LogP contribution in [-0.4, -0.2) is 22.1 Å². The van der Waals surface area contributed by atoms with Crippen molar-refractivity contribution in [1.29, 1.82) is 0 Å². The van der Waals surface area contributed by atoms with Crippen LogP contribution in [0.2, 0.25) is 10.0 Å². The maximum atomic E-state index is 13.8. The summed E-state index contributed by atoms with van der Waals surface area (Å²) in [5.74, 6) is 0.321. The van der Waals surface area contributed by atoms with Gasteiger partial charge < -0.3 is 15.2 Å². The summed E-state index contributed by atoms with van der Waals surface area (Å²) in [4.78, 5) is 16.3. The van der Waals surface area contributed by atoms with Gasteiger partial charge in [-0.3, -0.25) is 0 Å². The van der Waals surface area contributed by atoms with Gasteiger partial charge in [0.15, 0.2) is 5.82 Å². The number of nitrogens with one attached hydrogen (secondary N) is 2. The summed E-state index contributed by atoms with van der Waals surface area (Å²) >= 11 is 11.9. The third-order valence-corrected chi connectivity index (χ3v) is 4.33. The number of carbonyl (C=O) groups is 1. The van der Waals surface area contributed by atoms with Gasteiger partial charge in [0, 0.05) is 25.0 Å². The van der Waals surface area contributed by atoms with Crippen molar-refractivity contribution in [3.05, 3.63) is 58.1 Å². The zero-order chi connectivity index (χ0) is 18.0. The molecule has 0 spiro atoms. The molecule has 0 unspecified atom stereocenters. The van der Waals surface area contributed by atoms with Crippen LogP contribution < -0.4 is 10.6 Å². The van der Waals surface area contributed by atoms with Crippen LogP contribution in [0.3, 0.4) is 0 Å². The Labute approximate surface area is 153 Å². The van der Waals surface area contributed by atoms with E-state index in [0.717, 1.165) is 0 Å². The van der Waals surface area contributed by atoms with Crippen molar-refractivity contribution in [3.8, 4) is 0 Å². The highest BCUT2D eigenvalue weighted by molar-refractivity contribution is 6.35. The molecule has 0 bridgehead atoms. The minimum Gasteiger partial charge on any atom is -0.337 e. The number of amides is 2. The van der Waals surface area contributed by atoms with Crippen molar-refractivity contribution in [2.75, 3.05) is 11.9 Å². The first-order chi connectivity index (χ1) is 12.0. The zero-order valence-electron chi connectivity index (χ0n) is 13.3. The first-order valence-electron chi connectivity index (χ1n) is 7.55. The Balaban J connectivity index is 1.61. The SMILES string of the molecule is Cn1c(CCNC(=O)Nc2cc(Cl)ccc2Cl)nc2c(F)cccc21. The molecule has 1 aromatic heterocycles. The molecule has 0 aliphatic heterocycles. The van der Waals surface area contributed by atoms with Gasteiger partial charge in [-0.2, -0.15) is 0 Å². The molecule has 0 aliphatic carbocycles. The van der Waals surface area contributed by atoms with E-state index < -0.39 is 6.03 Å². The molecule has 130 valence electrons. The van der Waals surface area contributed by atoms with Gasteiger partial charge in [-0.25, -0.2) is 14.2 Å². The van der Waals surface area contributed by atoms with Gasteiger partial charge in [-0.05, 0) is 30.3 Å². The van der Waals surface area contributed by atoms with E-state index in [1.165, 1.54) is 6.07 Å². The Morgan fingerprint density at radius 1 is 1.28 bits per heavy atom. The number of hydrogen-bond donors (Lipinski definition) is 2. The average Bonchev–Trinajstić information content (AvgIpc) is 2.89. The Kier molecular flexibility index (Phi) is 5.11. The quantitative estimate of drug-likeness (QED) is 0.705. The number of rotatable bonds is 4. The predicted molar refractivity (Wildman–Crippen MR) is 97.9 cm³/mol. The Hall–Kier alpha value is -2.31. The van der Waals surface area contributed by atoms with Gasteiger partial charge >= 0.3 is 6.03 Å². The minimum absolute atomic E-state index is 0.329. The number of aryl methyl sites for hydroxylation is 1. The molecule has 0 saturated carbocycles. The Bertz CT molecular complexity index is 942. The van der Waals surface area contributed by atoms with Crippen LogP contribution in [0.15, 0.2) is 36.4 Å². The largest absolute Gasteiger partial charge is 0.337 e. The maximum absolute atomic E-state index is 13.8. The smallest absolute Gasteiger partial charge is 0.319 e. The van der Waals surface area contributed by atoms with Crippen LogP contribution in [0.25, 0.3) is 11.0 Å². The van der Waals surface area contributed by atoms with Crippen LogP contribution in [0.1, 0.15) is 5.82 Å². The number of aromatic nitrogens is 2. The Morgan fingerprint density at radius 2 is 2.08 bits per heavy atom. The van der Waals surface area contributed by atoms with Crippen molar-refractivity contribution < 1.29 is 9.18 Å². The molecule has 1 heterocycles. The van der Waals surface area contributed by atoms with E-state index in [2.05, 4.69) is 15.6 Å². The summed E-state index contributed by atoms with van der Waals surface area (Å²) in [6, 6.07) is 9.22. The van der Waals surface area contributed by atoms with Crippen molar-refractivity contribution in [3.63, 3.8) is 0 Å². The van der Waals surface area contributed by atoms with Crippen molar-refractivity contribution >= 4 is 46.0 Å². The summed E-state index contributed by atoms with van der Waals surface area (Å²) in [6.45, 7) is 0.336. The minimum atomic E-state index is -0.408. The molecule has 0 fully saturated rings. The second kappa shape index (κ2) is 7.29. The van der Waals surface area contributed by atoms with Crippen LogP contribution >= 0.6 is 23.2 Å². The second-order valence-electron chi connectivity index (χ2n) is 5.45. The fraction of sp³-hybridized carbons (Fsp3) is 0.176. The summed E-state index contributed by atoms with van der Waals surface area (Å²) in [5, 5.41) is 6.22. The molecular formula is C17H15Cl2FN4O. The lowest BCUT2D eigenvalue weighted by atomic mass is 10.3. The van der Waals surface area contributed by atoms with Crippen LogP contribution in [0, 0.1) is 5.82 Å². The van der Waals surface area contributed by atoms with Crippen molar-refractivity contribution in [2.45, 2.75) is 6.42 Å². The summed E-state index contributed by atoms with van der Waals surface area (Å²) in [5.41, 5.74) is 1.47. The molecule has 2 aromatic carbocycles. The van der Waals surface area contributed by atoms with E-state index in [4.69, 9.17) is 23.2 Å². The lowest BCUT2D eigenvalue weighted by molar-refractivity contribution is 0.252. The molecule has 2 amide bonds. The molecule has 3 aromatic rings. The molecule has 8 heteroatoms. The van der Waals surface area contributed by atoms with Gasteiger partial charge in [0.1, 0.15) is 11.3 Å². The van der Waals surface area contributed by atoms with Crippen molar-refractivity contribution in [1.82, 2.24) is 14.9 Å². The first kappa shape index (κ1) is 17.5. The van der Waals surface area contributed by atoms with E-state index in [1.807, 2.05) is 11.6 Å². The normalized spacial score (nSPS) is 10.9. The van der Waals surface area contributed by atoms with Gasteiger partial charge in [0.25, 0.3) is 0 Å². The fourth-order valence-corrected chi connectivity index (χ4v) is 2.84. The fourth-order valence-electron chi connectivity index (χ4n) is 2.50. The summed E-state index contributed by atoms with van der Waals surface area (Å²) < 4.78 is 15.6. The lowest BCUT2D eigenvalue weighted by Gasteiger charge is -2.09. The zero-order valence-corrected chi connectivity index (χ0v) is 14.8. The number of urea groups is 1. The first-order valence-corrected chi connectivity index (χ1v) is 8.31. The highest BCUT2D eigenvalue weighted by Gasteiger charge is 2.11. The lowest BCUT2D eigenvalue weighted by Crippen LogP contribution is -2.31. The molecule has 25 heavy (non-hydrogen) atoms. The molecule has 0 atom stereocenters. The number of hydrogen-bond acceptors (Lipinski definition) is 2. The highest BCUT2D eigenvalue weighted by Crippen LogP contribution is 2.25. The van der Waals surface area contributed by atoms with Crippen LogP contribution in [0.5, 0.6) is 0 Å². The Morgan fingerprint density at radius 3 is 2.84 bits per heavy atom. The standard InChI is InChI=1S/C17H15Cl2FN4O/c1-24-14-4-2-3-12(20)16(14)23-15(24)7-8-21-17(25)22-13-9-10(18)5-6-11(13)19/h2-6,9H,7-8H2,1H3,(H2,21,22,25). The maximum Gasteiger partial charge on any atom is 0.319 e. The highest BCUT2D eigenvalue weighted by atomic mass is 35.5. The molecule has 0 aliphatic rings. The number of para-hydroxylation sites is 1. The third-order valence-electron chi connectivity index (χ3n) is 3.77. The molecular weight excluding hydrogens is 366 g/mol. The number of anilines is 1. The third kappa shape index (κ3) is 3.86. The number of nitrogens with zero attached hydrogens (tertiary/aromatic N) is 2. The monoisotopic (exact) mass is 380 g/mol.